The summed E-state index contributed by atoms with van der Waals surface area (Å²) in [5, 5.41) is 8.24. The van der Waals surface area contributed by atoms with E-state index in [4.69, 9.17) is 42.1 Å². The lowest BCUT2D eigenvalue weighted by Crippen LogP contribution is -2.47. The highest BCUT2D eigenvalue weighted by molar-refractivity contribution is 7.91. The van der Waals surface area contributed by atoms with E-state index >= 15 is 0 Å². The maximum atomic E-state index is 14.6. The van der Waals surface area contributed by atoms with Gasteiger partial charge in [0.2, 0.25) is 4.34 Å². The fourth-order valence-corrected chi connectivity index (χ4v) is 12.0. The Hall–Kier alpha value is -7.61. The molecular weight excluding hydrogens is 1100 g/mol. The molecule has 8 rings (SSSR count). The predicted octanol–water partition coefficient (Wildman–Crippen LogP) is 7.85. The highest BCUT2D eigenvalue weighted by atomic mass is 32.2. The number of esters is 1. The summed E-state index contributed by atoms with van der Waals surface area (Å²) in [6, 6.07) is 42.4. The molecule has 1 N–H and O–H groups in total. The molecule has 0 unspecified atom stereocenters. The maximum absolute atomic E-state index is 14.6. The van der Waals surface area contributed by atoms with Crippen LogP contribution in [0.3, 0.4) is 0 Å². The number of sulfonamides is 1. The highest BCUT2D eigenvalue weighted by Gasteiger charge is 2.42. The number of rotatable bonds is 32. The van der Waals surface area contributed by atoms with Gasteiger partial charge in [-0.1, -0.05) is 89.6 Å². The number of hydrogen-bond acceptors (Lipinski definition) is 19. The van der Waals surface area contributed by atoms with Crippen molar-refractivity contribution in [1.29, 1.82) is 0 Å². The van der Waals surface area contributed by atoms with Crippen molar-refractivity contribution in [2.75, 3.05) is 67.6 Å². The lowest BCUT2D eigenvalue weighted by Gasteiger charge is -2.36. The van der Waals surface area contributed by atoms with Crippen LogP contribution in [0.15, 0.2) is 161 Å². The molecule has 0 spiro atoms. The molecule has 81 heavy (non-hydrogen) atoms. The second kappa shape index (κ2) is 28.2. The fraction of sp³-hybridized carbons (Fsp3) is 0.293. The predicted molar refractivity (Wildman–Crippen MR) is 299 cm³/mol. The van der Waals surface area contributed by atoms with Gasteiger partial charge >= 0.3 is 5.97 Å². The van der Waals surface area contributed by atoms with Crippen molar-refractivity contribution >= 4 is 53.4 Å². The zero-order valence-corrected chi connectivity index (χ0v) is 47.4. The van der Waals surface area contributed by atoms with E-state index in [9.17, 15) is 26.4 Å². The summed E-state index contributed by atoms with van der Waals surface area (Å²) in [5.41, 5.74) is 3.12. The number of aryl methyl sites for hydroxylation is 1. The van der Waals surface area contributed by atoms with Gasteiger partial charge in [0.15, 0.2) is 5.78 Å². The Labute approximate surface area is 474 Å². The van der Waals surface area contributed by atoms with E-state index in [0.29, 0.717) is 55.6 Å². The molecule has 20 nitrogen and oxygen atoms in total. The summed E-state index contributed by atoms with van der Waals surface area (Å²) < 4.78 is 108. The number of nitrogens with one attached hydrogen (secondary N) is 1. The molecule has 0 amide bonds. The topological polar surface area (TPSA) is 241 Å². The molecule has 0 radical (unpaired) electrons. The monoisotopic (exact) mass is 1160 g/mol. The van der Waals surface area contributed by atoms with Crippen LogP contribution in [0.25, 0.3) is 10.2 Å². The van der Waals surface area contributed by atoms with Crippen LogP contribution in [0.1, 0.15) is 39.9 Å². The van der Waals surface area contributed by atoms with Crippen molar-refractivity contribution in [1.82, 2.24) is 24.7 Å². The largest absolute Gasteiger partial charge is 0.497 e. The van der Waals surface area contributed by atoms with Crippen molar-refractivity contribution in [3.63, 3.8) is 0 Å². The molecule has 426 valence electrons. The number of carbonyl (C=O) groups is 2. The average Bonchev–Trinajstić information content (AvgIpc) is 4.28. The lowest BCUT2D eigenvalue weighted by atomic mass is 9.78. The van der Waals surface area contributed by atoms with Crippen LogP contribution in [0.2, 0.25) is 0 Å². The number of Topliss-reactive ketones (excluding diaryl/α,β-unsaturated/α-hetero) is 1. The van der Waals surface area contributed by atoms with E-state index in [1.54, 1.807) is 93.2 Å². The molecule has 23 heteroatoms. The average molecular weight is 1160 g/mol. The molecule has 2 heterocycles. The van der Waals surface area contributed by atoms with Crippen molar-refractivity contribution in [3.8, 4) is 23.0 Å². The Morgan fingerprint density at radius 1 is 0.654 bits per heavy atom. The Kier molecular flexibility index (Phi) is 20.7. The quantitative estimate of drug-likeness (QED) is 0.0183. The van der Waals surface area contributed by atoms with E-state index in [2.05, 4.69) is 20.0 Å². The van der Waals surface area contributed by atoms with Crippen LogP contribution in [-0.2, 0) is 78.2 Å². The summed E-state index contributed by atoms with van der Waals surface area (Å²) in [6.45, 7) is 2.73. The zero-order valence-electron chi connectivity index (χ0n) is 44.9. The molecular formula is C58H61N5O15S3. The molecule has 0 aliphatic heterocycles. The van der Waals surface area contributed by atoms with Gasteiger partial charge in [0.05, 0.1) is 94.8 Å². The number of thiazole rings is 1. The third-order valence-electron chi connectivity index (χ3n) is 12.6. The second-order valence-corrected chi connectivity index (χ2v) is 22.8. The number of fused-ring (bicyclic) bond motifs is 1. The van der Waals surface area contributed by atoms with Gasteiger partial charge in [0.25, 0.3) is 20.1 Å². The molecule has 0 saturated carbocycles. The molecule has 0 saturated heterocycles. The molecule has 0 bridgehead atoms. The van der Waals surface area contributed by atoms with E-state index in [1.807, 2.05) is 67.6 Å². The number of methoxy groups -OCH3 is 3. The molecule has 0 aliphatic rings. The number of carbonyl (C=O) groups excluding carboxylic acids is 2. The number of nitrogens with zero attached hydrogens (tertiary/aromatic N) is 4. The summed E-state index contributed by atoms with van der Waals surface area (Å²) in [7, 11) is -3.80. The molecule has 1 atom stereocenters. The van der Waals surface area contributed by atoms with Gasteiger partial charge in [0, 0.05) is 6.42 Å². The molecule has 6 aromatic carbocycles. The maximum Gasteiger partial charge on any atom is 0.311 e. The SMILES string of the molecule is COC(=O)[C@H](COCc1cccc(OCCOCCOCCOS(=O)(=O)c2ccc(C)cc2)c1)CC(=O)Cn1cc(COc2ccc3nc(S(=O)(=O)NC(c4ccccc4)(c4ccc(OC)cc4)c4ccc(OC)cc4)sc3c2)nn1. The van der Waals surface area contributed by atoms with Crippen molar-refractivity contribution in [2.45, 2.75) is 47.9 Å². The minimum atomic E-state index is -4.33. The fourth-order valence-electron chi connectivity index (χ4n) is 8.48. The number of benzene rings is 6. The number of ketones is 1. The first-order chi connectivity index (χ1) is 39.2. The first-order valence-electron chi connectivity index (χ1n) is 25.5. The van der Waals surface area contributed by atoms with E-state index < -0.39 is 37.6 Å². The normalized spacial score (nSPS) is 12.2. The van der Waals surface area contributed by atoms with E-state index in [-0.39, 0.29) is 87.4 Å². The summed E-state index contributed by atoms with van der Waals surface area (Å²) >= 11 is 0.991. The Balaban J connectivity index is 0.792. The van der Waals surface area contributed by atoms with E-state index in [0.717, 1.165) is 22.5 Å². The van der Waals surface area contributed by atoms with Crippen LogP contribution < -0.4 is 23.7 Å². The van der Waals surface area contributed by atoms with Crippen LogP contribution in [0, 0.1) is 12.8 Å². The van der Waals surface area contributed by atoms with Gasteiger partial charge in [-0.05, 0) is 95.9 Å². The molecule has 8 aromatic rings. The summed E-state index contributed by atoms with van der Waals surface area (Å²) in [5.74, 6) is 0.430. The van der Waals surface area contributed by atoms with Gasteiger partial charge in [-0.25, -0.2) is 18.1 Å². The minimum absolute atomic E-state index is 0.0199. The van der Waals surface area contributed by atoms with Gasteiger partial charge in [-0.2, -0.15) is 13.1 Å². The first kappa shape index (κ1) is 59.5. The van der Waals surface area contributed by atoms with Crippen molar-refractivity contribution in [2.24, 2.45) is 5.92 Å². The highest BCUT2D eigenvalue weighted by Crippen LogP contribution is 2.41. The standard InChI is InChI=1S/C58H61N5O15S3/c1-41-13-24-53(25-14-41)81(68,69)78-32-30-74-28-27-73-29-31-76-51-12-8-9-42(33-51)38-75-39-43(56(65)72-4)34-48(64)37-63-36-47(60-62-63)40-77-52-23-26-54-55(35-52)79-57(59-54)80(66,67)61-58(44-10-6-5-7-11-44,45-15-19-49(70-2)20-16-45)46-17-21-50(71-3)22-18-46/h5-26,33,35-36,43,61H,27-32,34,37-40H2,1-4H3/t43-/m0/s1. The van der Waals surface area contributed by atoms with Gasteiger partial charge in [0.1, 0.15) is 54.0 Å². The third kappa shape index (κ3) is 16.1. The van der Waals surface area contributed by atoms with Crippen molar-refractivity contribution in [3.05, 3.63) is 185 Å². The van der Waals surface area contributed by atoms with Crippen LogP contribution in [0.4, 0.5) is 0 Å². The number of aromatic nitrogens is 4. The first-order valence-corrected chi connectivity index (χ1v) is 29.2. The van der Waals surface area contributed by atoms with Gasteiger partial charge in [-0.3, -0.25) is 13.8 Å². The molecule has 0 aliphatic carbocycles. The third-order valence-corrected chi connectivity index (χ3v) is 16.7. The Morgan fingerprint density at radius 3 is 1.95 bits per heavy atom. The smallest absolute Gasteiger partial charge is 0.311 e. The number of hydrogen-bond donors (Lipinski definition) is 1. The Bertz CT molecular complexity index is 3520. The molecule has 0 fully saturated rings. The van der Waals surface area contributed by atoms with Crippen LogP contribution in [-0.4, -0.2) is 116 Å². The minimum Gasteiger partial charge on any atom is -0.497 e. The van der Waals surface area contributed by atoms with Crippen LogP contribution >= 0.6 is 11.3 Å². The van der Waals surface area contributed by atoms with Crippen LogP contribution in [0.5, 0.6) is 23.0 Å². The van der Waals surface area contributed by atoms with Gasteiger partial charge in [-0.15, -0.1) is 16.4 Å². The van der Waals surface area contributed by atoms with Gasteiger partial charge < -0.3 is 37.9 Å². The van der Waals surface area contributed by atoms with E-state index in [1.165, 1.54) is 23.9 Å². The number of ether oxygens (including phenoxy) is 8. The second-order valence-electron chi connectivity index (χ2n) is 18.3. The Morgan fingerprint density at radius 2 is 1.28 bits per heavy atom. The molecule has 2 aromatic heterocycles. The zero-order chi connectivity index (χ0) is 57.2. The lowest BCUT2D eigenvalue weighted by molar-refractivity contribution is -0.149. The summed E-state index contributed by atoms with van der Waals surface area (Å²) in [6.07, 6.45) is 1.39. The summed E-state index contributed by atoms with van der Waals surface area (Å²) in [4.78, 5) is 30.6. The van der Waals surface area contributed by atoms with Crippen molar-refractivity contribution < 1.29 is 68.5 Å².